The van der Waals surface area contributed by atoms with Crippen molar-refractivity contribution in [3.63, 3.8) is 0 Å². The summed E-state index contributed by atoms with van der Waals surface area (Å²) in [6.45, 7) is 0.622. The molecule has 0 saturated heterocycles. The number of carbonyl (C=O) groups is 2. The zero-order valence-electron chi connectivity index (χ0n) is 19.9. The fourth-order valence-corrected chi connectivity index (χ4v) is 4.57. The molecule has 0 saturated carbocycles. The molecule has 8 heteroatoms. The first-order chi connectivity index (χ1) is 17.1. The number of hydrogen-bond donors (Lipinski definition) is 4. The van der Waals surface area contributed by atoms with E-state index >= 15 is 0 Å². The van der Waals surface area contributed by atoms with Gasteiger partial charge in [-0.2, -0.15) is 0 Å². The number of carbonyl (C=O) groups excluding carboxylic acids is 2. The molecule has 186 valence electrons. The molecule has 0 bridgehead atoms. The van der Waals surface area contributed by atoms with Crippen LogP contribution in [0.1, 0.15) is 16.7 Å². The van der Waals surface area contributed by atoms with Gasteiger partial charge >= 0.3 is 0 Å². The highest BCUT2D eigenvalue weighted by Crippen LogP contribution is 2.22. The molecule has 0 unspecified atom stereocenters. The van der Waals surface area contributed by atoms with E-state index in [1.165, 1.54) is 5.56 Å². The second-order valence-electron chi connectivity index (χ2n) is 8.75. The normalized spacial score (nSPS) is 15.3. The SMILES string of the molecule is COc1cccc(NC(=O)[C@H](Cc2c[nH]c3ccccc23)NC(=O)[C@@H]2Cc3ccccc3CN2)c1.Cl. The minimum absolute atomic E-state index is 0. The van der Waals surface area contributed by atoms with Gasteiger partial charge in [-0.25, -0.2) is 0 Å². The molecule has 2 amide bonds. The molecule has 5 rings (SSSR count). The lowest BCUT2D eigenvalue weighted by Gasteiger charge is -2.27. The van der Waals surface area contributed by atoms with Gasteiger partial charge < -0.3 is 25.7 Å². The molecule has 1 aromatic heterocycles. The van der Waals surface area contributed by atoms with E-state index in [-0.39, 0.29) is 24.2 Å². The van der Waals surface area contributed by atoms with Gasteiger partial charge in [0.25, 0.3) is 0 Å². The zero-order chi connectivity index (χ0) is 24.2. The summed E-state index contributed by atoms with van der Waals surface area (Å²) in [7, 11) is 1.58. The molecule has 2 atom stereocenters. The molecule has 4 N–H and O–H groups in total. The Morgan fingerprint density at radius 2 is 1.81 bits per heavy atom. The number of ether oxygens (including phenoxy) is 1. The number of aromatic amines is 1. The van der Waals surface area contributed by atoms with Crippen LogP contribution in [0.2, 0.25) is 0 Å². The van der Waals surface area contributed by atoms with E-state index in [1.807, 2.05) is 54.7 Å². The Hall–Kier alpha value is -3.81. The summed E-state index contributed by atoms with van der Waals surface area (Å²) >= 11 is 0. The second kappa shape index (κ2) is 11.3. The smallest absolute Gasteiger partial charge is 0.247 e. The Morgan fingerprint density at radius 3 is 2.64 bits per heavy atom. The summed E-state index contributed by atoms with van der Waals surface area (Å²) in [5.41, 5.74) is 4.92. The number of aromatic nitrogens is 1. The molecular formula is C28H29ClN4O3. The zero-order valence-corrected chi connectivity index (χ0v) is 20.7. The number of benzene rings is 3. The molecule has 3 aromatic carbocycles. The molecule has 0 spiro atoms. The number of H-pyrrole nitrogens is 1. The standard InChI is InChI=1S/C28H28N4O3.ClH/c1-35-22-10-6-9-21(15-22)31-28(34)26(14-20-17-29-24-12-5-4-11-23(20)24)32-27(33)25-13-18-7-2-3-8-19(18)16-30-25;/h2-12,15,17,25-26,29-30H,13-14,16H2,1H3,(H,31,34)(H,32,33);1H/t25-,26-;/m0./s1. The maximum Gasteiger partial charge on any atom is 0.247 e. The van der Waals surface area contributed by atoms with Crippen LogP contribution in [0.25, 0.3) is 10.9 Å². The van der Waals surface area contributed by atoms with Crippen LogP contribution in [0.15, 0.2) is 79.0 Å². The van der Waals surface area contributed by atoms with Crippen LogP contribution in [0.5, 0.6) is 5.75 Å². The lowest BCUT2D eigenvalue weighted by molar-refractivity contribution is -0.128. The number of hydrogen-bond acceptors (Lipinski definition) is 4. The van der Waals surface area contributed by atoms with Crippen molar-refractivity contribution >= 4 is 40.8 Å². The Kier molecular flexibility index (Phi) is 7.93. The summed E-state index contributed by atoms with van der Waals surface area (Å²) in [6, 6.07) is 22.1. The number of rotatable bonds is 7. The molecular weight excluding hydrogens is 476 g/mol. The third-order valence-electron chi connectivity index (χ3n) is 6.47. The molecule has 7 nitrogen and oxygen atoms in total. The van der Waals surface area contributed by atoms with Gasteiger partial charge in [-0.3, -0.25) is 9.59 Å². The van der Waals surface area contributed by atoms with E-state index < -0.39 is 12.1 Å². The van der Waals surface area contributed by atoms with Gasteiger partial charge in [0.2, 0.25) is 11.8 Å². The summed E-state index contributed by atoms with van der Waals surface area (Å²) in [5.74, 6) is 0.170. The van der Waals surface area contributed by atoms with Crippen molar-refractivity contribution in [3.8, 4) is 5.75 Å². The molecule has 4 aromatic rings. The van der Waals surface area contributed by atoms with Crippen LogP contribution < -0.4 is 20.7 Å². The summed E-state index contributed by atoms with van der Waals surface area (Å²) in [6.07, 6.45) is 2.84. The summed E-state index contributed by atoms with van der Waals surface area (Å²) in [4.78, 5) is 29.9. The Labute approximate surface area is 216 Å². The van der Waals surface area contributed by atoms with Crippen LogP contribution >= 0.6 is 12.4 Å². The molecule has 1 aliphatic rings. The van der Waals surface area contributed by atoms with Crippen LogP contribution in [-0.2, 0) is 29.0 Å². The van der Waals surface area contributed by atoms with Crippen molar-refractivity contribution in [2.75, 3.05) is 12.4 Å². The van der Waals surface area contributed by atoms with Gasteiger partial charge in [0.1, 0.15) is 11.8 Å². The van der Waals surface area contributed by atoms with Crippen molar-refractivity contribution in [1.29, 1.82) is 0 Å². The van der Waals surface area contributed by atoms with Crippen molar-refractivity contribution in [2.45, 2.75) is 31.5 Å². The number of methoxy groups -OCH3 is 1. The van der Waals surface area contributed by atoms with Gasteiger partial charge in [0.15, 0.2) is 0 Å². The van der Waals surface area contributed by atoms with E-state index in [4.69, 9.17) is 4.74 Å². The molecule has 0 aliphatic carbocycles. The summed E-state index contributed by atoms with van der Waals surface area (Å²) in [5, 5.41) is 10.3. The number of fused-ring (bicyclic) bond motifs is 2. The number of nitrogens with one attached hydrogen (secondary N) is 4. The van der Waals surface area contributed by atoms with Crippen LogP contribution in [0, 0.1) is 0 Å². The topological polar surface area (TPSA) is 95.2 Å². The molecule has 0 radical (unpaired) electrons. The van der Waals surface area contributed by atoms with E-state index in [2.05, 4.69) is 33.1 Å². The Bertz CT molecular complexity index is 1370. The molecule has 36 heavy (non-hydrogen) atoms. The van der Waals surface area contributed by atoms with E-state index in [0.29, 0.717) is 30.8 Å². The fourth-order valence-electron chi connectivity index (χ4n) is 4.57. The minimum atomic E-state index is -0.758. The molecule has 1 aliphatic heterocycles. The van der Waals surface area contributed by atoms with Crippen LogP contribution in [0.4, 0.5) is 5.69 Å². The number of amides is 2. The first kappa shape index (κ1) is 25.3. The van der Waals surface area contributed by atoms with E-state index in [1.54, 1.807) is 19.2 Å². The first-order valence-electron chi connectivity index (χ1n) is 11.7. The van der Waals surface area contributed by atoms with E-state index in [0.717, 1.165) is 22.0 Å². The van der Waals surface area contributed by atoms with Crippen LogP contribution in [0.3, 0.4) is 0 Å². The van der Waals surface area contributed by atoms with Gasteiger partial charge in [-0.05, 0) is 41.3 Å². The average molecular weight is 505 g/mol. The third-order valence-corrected chi connectivity index (χ3v) is 6.47. The van der Waals surface area contributed by atoms with Crippen molar-refractivity contribution in [2.24, 2.45) is 0 Å². The Morgan fingerprint density at radius 1 is 1.03 bits per heavy atom. The number of anilines is 1. The van der Waals surface area contributed by atoms with Gasteiger partial charge in [-0.15, -0.1) is 12.4 Å². The van der Waals surface area contributed by atoms with Crippen molar-refractivity contribution in [3.05, 3.63) is 95.7 Å². The predicted molar refractivity (Wildman–Crippen MR) is 144 cm³/mol. The highest BCUT2D eigenvalue weighted by atomic mass is 35.5. The van der Waals surface area contributed by atoms with Crippen molar-refractivity contribution < 1.29 is 14.3 Å². The third kappa shape index (κ3) is 5.53. The fraction of sp³-hybridized carbons (Fsp3) is 0.214. The largest absolute Gasteiger partial charge is 0.497 e. The predicted octanol–water partition coefficient (Wildman–Crippen LogP) is 3.98. The maximum atomic E-state index is 13.4. The minimum Gasteiger partial charge on any atom is -0.497 e. The average Bonchev–Trinajstić information content (AvgIpc) is 3.30. The number of halogens is 1. The first-order valence-corrected chi connectivity index (χ1v) is 11.7. The highest BCUT2D eigenvalue weighted by molar-refractivity contribution is 5.98. The number of para-hydroxylation sites is 1. The lowest BCUT2D eigenvalue weighted by atomic mass is 9.95. The second-order valence-corrected chi connectivity index (χ2v) is 8.75. The maximum absolute atomic E-state index is 13.4. The quantitative estimate of drug-likeness (QED) is 0.306. The summed E-state index contributed by atoms with van der Waals surface area (Å²) < 4.78 is 5.27. The monoisotopic (exact) mass is 504 g/mol. The van der Waals surface area contributed by atoms with Crippen LogP contribution in [-0.4, -0.2) is 36.0 Å². The van der Waals surface area contributed by atoms with Gasteiger partial charge in [0.05, 0.1) is 13.2 Å². The lowest BCUT2D eigenvalue weighted by Crippen LogP contribution is -2.53. The molecule has 2 heterocycles. The van der Waals surface area contributed by atoms with Gasteiger partial charge in [-0.1, -0.05) is 48.5 Å². The van der Waals surface area contributed by atoms with Gasteiger partial charge in [0, 0.05) is 41.8 Å². The van der Waals surface area contributed by atoms with Crippen molar-refractivity contribution in [1.82, 2.24) is 15.6 Å². The highest BCUT2D eigenvalue weighted by Gasteiger charge is 2.29. The molecule has 0 fully saturated rings. The Balaban J connectivity index is 0.00000304. The van der Waals surface area contributed by atoms with E-state index in [9.17, 15) is 9.59 Å².